The van der Waals surface area contributed by atoms with Crippen LogP contribution in [0.5, 0.6) is 0 Å². The van der Waals surface area contributed by atoms with Crippen molar-refractivity contribution in [1.29, 1.82) is 0 Å². The van der Waals surface area contributed by atoms with Crippen LogP contribution in [-0.4, -0.2) is 47.6 Å². The van der Waals surface area contributed by atoms with E-state index in [1.807, 2.05) is 6.92 Å². The minimum atomic E-state index is -4.40. The summed E-state index contributed by atoms with van der Waals surface area (Å²) in [5.74, 6) is -0.241. The van der Waals surface area contributed by atoms with Crippen LogP contribution < -0.4 is 16.3 Å². The lowest BCUT2D eigenvalue weighted by Gasteiger charge is -2.24. The van der Waals surface area contributed by atoms with Gasteiger partial charge < -0.3 is 33.6 Å². The summed E-state index contributed by atoms with van der Waals surface area (Å²) in [5, 5.41) is 0. The van der Waals surface area contributed by atoms with Gasteiger partial charge in [0.2, 0.25) is 0 Å². The van der Waals surface area contributed by atoms with Crippen molar-refractivity contribution in [2.75, 3.05) is 26.6 Å². The van der Waals surface area contributed by atoms with Crippen molar-refractivity contribution in [1.82, 2.24) is 14.5 Å². The Morgan fingerprint density at radius 3 is 2.85 bits per heavy atom. The lowest BCUT2D eigenvalue weighted by atomic mass is 10.0. The van der Waals surface area contributed by atoms with Gasteiger partial charge in [0.1, 0.15) is 12.3 Å². The third kappa shape index (κ3) is 3.39. The zero-order chi connectivity index (χ0) is 19.1. The van der Waals surface area contributed by atoms with Crippen LogP contribution in [0.15, 0.2) is 15.5 Å². The minimum absolute atomic E-state index is 0.00658. The first-order chi connectivity index (χ1) is 12.3. The quantitative estimate of drug-likeness (QED) is 0.642. The summed E-state index contributed by atoms with van der Waals surface area (Å²) in [7, 11) is -1.92. The van der Waals surface area contributed by atoms with Crippen LogP contribution in [0.4, 0.5) is 6.01 Å². The van der Waals surface area contributed by atoms with Crippen LogP contribution in [0.25, 0.3) is 11.2 Å². The monoisotopic (exact) mass is 389 g/mol. The van der Waals surface area contributed by atoms with Gasteiger partial charge in [-0.2, -0.15) is 4.98 Å². The Labute approximate surface area is 147 Å². The Morgan fingerprint density at radius 1 is 1.46 bits per heavy atom. The zero-order valence-electron chi connectivity index (χ0n) is 14.2. The van der Waals surface area contributed by atoms with Crippen molar-refractivity contribution in [3.8, 4) is 0 Å². The van der Waals surface area contributed by atoms with E-state index in [9.17, 15) is 14.3 Å². The van der Waals surface area contributed by atoms with Crippen LogP contribution in [0.2, 0.25) is 0 Å². The number of ether oxygens (including phenoxy) is 2. The Balaban J connectivity index is 1.89. The topological polar surface area (TPSA) is 164 Å². The number of phosphoric acid groups is 1. The van der Waals surface area contributed by atoms with Gasteiger partial charge in [-0.15, -0.1) is 0 Å². The van der Waals surface area contributed by atoms with E-state index < -0.39 is 31.9 Å². The molecule has 26 heavy (non-hydrogen) atoms. The summed E-state index contributed by atoms with van der Waals surface area (Å²) in [6.07, 6.45) is -0.446. The molecule has 1 aliphatic rings. The van der Waals surface area contributed by atoms with Crippen molar-refractivity contribution in [2.45, 2.75) is 25.4 Å². The van der Waals surface area contributed by atoms with Crippen molar-refractivity contribution in [2.24, 2.45) is 5.92 Å². The molecule has 0 radical (unpaired) electrons. The molecule has 2 N–H and O–H groups in total. The lowest BCUT2D eigenvalue weighted by Crippen LogP contribution is -2.31. The number of hydrogen-bond acceptors (Lipinski definition) is 11. The van der Waals surface area contributed by atoms with Crippen molar-refractivity contribution in [3.63, 3.8) is 0 Å². The van der Waals surface area contributed by atoms with Gasteiger partial charge in [-0.25, -0.2) is 9.78 Å². The maximum absolute atomic E-state index is 11.8. The second-order valence-corrected chi connectivity index (χ2v) is 7.23. The van der Waals surface area contributed by atoms with Crippen LogP contribution in [0.1, 0.15) is 13.2 Å². The standard InChI is InChI=1S/C13H19N4O8P/c1-6-9(21-2)7(4-23-26(19,20)22-3)24-11(6)17-5-15-8-10(17)16-13(14)25-12(8)18/h5-7,9,11H,4H2,1-3H3,(H2,14,16)(H,19,20)/p-1/t6-,7+,9?,11+/m0/s1. The molecule has 144 valence electrons. The summed E-state index contributed by atoms with van der Waals surface area (Å²) in [4.78, 5) is 31.2. The lowest BCUT2D eigenvalue weighted by molar-refractivity contribution is -0.226. The molecule has 5 atom stereocenters. The SMILES string of the molecule is COC1[C@@H](COP(=O)([O-])OC)O[C@@H](n2cnc3c(=O)oc(N)nc32)[C@H]1C. The highest BCUT2D eigenvalue weighted by molar-refractivity contribution is 7.45. The number of imidazole rings is 1. The third-order valence-electron chi connectivity index (χ3n) is 4.19. The second-order valence-electron chi connectivity index (χ2n) is 5.71. The number of nitrogen functional groups attached to an aromatic ring is 1. The van der Waals surface area contributed by atoms with E-state index in [2.05, 4.69) is 14.5 Å². The van der Waals surface area contributed by atoms with Gasteiger partial charge in [0.25, 0.3) is 13.8 Å². The number of nitrogens with two attached hydrogens (primary N) is 1. The first kappa shape index (κ1) is 19.0. The molecule has 2 unspecified atom stereocenters. The Bertz CT molecular complexity index is 898. The Hall–Kier alpha value is -1.82. The van der Waals surface area contributed by atoms with Gasteiger partial charge >= 0.3 is 5.63 Å². The highest BCUT2D eigenvalue weighted by Crippen LogP contribution is 2.41. The first-order valence-corrected chi connectivity index (χ1v) is 9.06. The number of fused-ring (bicyclic) bond motifs is 1. The largest absolute Gasteiger partial charge is 0.756 e. The number of nitrogens with zero attached hydrogens (tertiary/aromatic N) is 3. The third-order valence-corrected chi connectivity index (χ3v) is 5.10. The van der Waals surface area contributed by atoms with Gasteiger partial charge in [-0.1, -0.05) is 6.92 Å². The van der Waals surface area contributed by atoms with Crippen LogP contribution >= 0.6 is 7.82 Å². The summed E-state index contributed by atoms with van der Waals surface area (Å²) >= 11 is 0. The van der Waals surface area contributed by atoms with E-state index in [0.717, 1.165) is 7.11 Å². The molecule has 2 aromatic heterocycles. The fourth-order valence-corrected chi connectivity index (χ4v) is 3.42. The van der Waals surface area contributed by atoms with Gasteiger partial charge in [-0.05, 0) is 0 Å². The number of methoxy groups -OCH3 is 1. The number of phosphoric ester groups is 1. The molecule has 1 aliphatic heterocycles. The first-order valence-electron chi connectivity index (χ1n) is 7.60. The van der Waals surface area contributed by atoms with E-state index in [4.69, 9.17) is 24.1 Å². The summed E-state index contributed by atoms with van der Waals surface area (Å²) in [5.41, 5.74) is 4.98. The van der Waals surface area contributed by atoms with Crippen LogP contribution in [0.3, 0.4) is 0 Å². The Morgan fingerprint density at radius 2 is 2.19 bits per heavy atom. The summed E-state index contributed by atoms with van der Waals surface area (Å²) in [6.45, 7) is 1.55. The fourth-order valence-electron chi connectivity index (χ4n) is 2.98. The number of hydrogen-bond donors (Lipinski definition) is 1. The fraction of sp³-hybridized carbons (Fsp3) is 0.615. The second kappa shape index (κ2) is 7.06. The van der Waals surface area contributed by atoms with Crippen LogP contribution in [0, 0.1) is 5.92 Å². The van der Waals surface area contributed by atoms with Crippen molar-refractivity contribution < 1.29 is 32.4 Å². The molecule has 0 spiro atoms. The molecule has 13 heteroatoms. The van der Waals surface area contributed by atoms with Crippen LogP contribution in [-0.2, 0) is 23.1 Å². The molecule has 1 fully saturated rings. The summed E-state index contributed by atoms with van der Waals surface area (Å²) < 4.78 is 38.0. The molecule has 0 aromatic carbocycles. The van der Waals surface area contributed by atoms with Crippen molar-refractivity contribution >= 4 is 25.0 Å². The Kier molecular flexibility index (Phi) is 5.15. The van der Waals surface area contributed by atoms with E-state index >= 15 is 0 Å². The molecule has 2 aromatic rings. The average molecular weight is 389 g/mol. The highest BCUT2D eigenvalue weighted by Gasteiger charge is 2.44. The predicted octanol–water partition coefficient (Wildman–Crippen LogP) is -0.353. The number of rotatable bonds is 6. The zero-order valence-corrected chi connectivity index (χ0v) is 15.1. The average Bonchev–Trinajstić information content (AvgIpc) is 3.13. The normalized spacial score (nSPS) is 28.5. The van der Waals surface area contributed by atoms with E-state index in [1.165, 1.54) is 18.0 Å². The van der Waals surface area contributed by atoms with Gasteiger partial charge in [0, 0.05) is 20.1 Å². The van der Waals surface area contributed by atoms with Gasteiger partial charge in [-0.3, -0.25) is 9.13 Å². The molecule has 0 amide bonds. The van der Waals surface area contributed by atoms with Gasteiger partial charge in [0.15, 0.2) is 11.2 Å². The van der Waals surface area contributed by atoms with E-state index in [-0.39, 0.29) is 29.7 Å². The minimum Gasteiger partial charge on any atom is -0.756 e. The number of aromatic nitrogens is 3. The molecule has 3 heterocycles. The molecule has 0 aliphatic carbocycles. The van der Waals surface area contributed by atoms with Crippen molar-refractivity contribution in [3.05, 3.63) is 16.7 Å². The molecule has 12 nitrogen and oxygen atoms in total. The molecule has 1 saturated heterocycles. The molecule has 0 saturated carbocycles. The molecular weight excluding hydrogens is 371 g/mol. The molecule has 3 rings (SSSR count). The van der Waals surface area contributed by atoms with Gasteiger partial charge in [0.05, 0.1) is 19.0 Å². The molecular formula is C13H18N4O8P-. The summed E-state index contributed by atoms with van der Waals surface area (Å²) in [6, 6.07) is -0.300. The maximum Gasteiger partial charge on any atom is 0.368 e. The smallest absolute Gasteiger partial charge is 0.368 e. The van der Waals surface area contributed by atoms with E-state index in [0.29, 0.717) is 0 Å². The maximum atomic E-state index is 11.8. The molecule has 0 bridgehead atoms. The number of anilines is 1. The highest BCUT2D eigenvalue weighted by atomic mass is 31.2. The predicted molar refractivity (Wildman–Crippen MR) is 84.9 cm³/mol. The van der Waals surface area contributed by atoms with E-state index in [1.54, 1.807) is 0 Å².